The molecule has 259 valence electrons. The van der Waals surface area contributed by atoms with Gasteiger partial charge >= 0.3 is 0 Å². The molecule has 7 heteroatoms. The van der Waals surface area contributed by atoms with Crippen molar-refractivity contribution in [2.75, 3.05) is 0 Å². The second-order valence-corrected chi connectivity index (χ2v) is 18.7. The van der Waals surface area contributed by atoms with E-state index in [1.807, 2.05) is 104 Å². The minimum atomic E-state index is -1.38. The molecule has 4 aromatic heterocycles. The van der Waals surface area contributed by atoms with Crippen LogP contribution < -0.4 is 5.19 Å². The van der Waals surface area contributed by atoms with E-state index in [1.54, 1.807) is 12.3 Å². The summed E-state index contributed by atoms with van der Waals surface area (Å²) in [5.74, 6) is -1.18. The Labute approximate surface area is 318 Å². The molecule has 9 aromatic rings. The number of furan rings is 2. The number of halogens is 1. The van der Waals surface area contributed by atoms with Crippen LogP contribution in [0.15, 0.2) is 143 Å². The smallest absolute Gasteiger partial charge is 0.126 e. The van der Waals surface area contributed by atoms with Crippen molar-refractivity contribution in [1.82, 2.24) is 9.97 Å². The maximum absolute atomic E-state index is 13.5. The average Bonchev–Trinajstić information content (AvgIpc) is 3.73. The Kier molecular flexibility index (Phi) is 9.41. The minimum Gasteiger partial charge on any atom is -0.501 e. The van der Waals surface area contributed by atoms with Crippen LogP contribution in [0.1, 0.15) is 25.3 Å². The summed E-state index contributed by atoms with van der Waals surface area (Å²) < 4.78 is 34.5. The molecule has 0 saturated heterocycles. The second kappa shape index (κ2) is 14.4. The summed E-state index contributed by atoms with van der Waals surface area (Å²) in [4.78, 5) is 9.19. The third kappa shape index (κ3) is 6.75. The summed E-state index contributed by atoms with van der Waals surface area (Å²) in [6, 6.07) is 44.8. The number of benzene rings is 5. The first kappa shape index (κ1) is 33.9. The van der Waals surface area contributed by atoms with Gasteiger partial charge in [0.05, 0.1) is 19.2 Å². The van der Waals surface area contributed by atoms with Crippen LogP contribution >= 0.6 is 0 Å². The first-order valence-corrected chi connectivity index (χ1v) is 20.4. The van der Waals surface area contributed by atoms with Crippen molar-refractivity contribution in [1.29, 1.82) is 0 Å². The quantitative estimate of drug-likeness (QED) is 0.128. The number of nitrogens with zero attached hydrogens (tertiary/aromatic N) is 2. The van der Waals surface area contributed by atoms with Gasteiger partial charge in [0.2, 0.25) is 0 Å². The van der Waals surface area contributed by atoms with Gasteiger partial charge in [0.25, 0.3) is 0 Å². The molecule has 52 heavy (non-hydrogen) atoms. The normalized spacial score (nSPS) is 13.0. The van der Waals surface area contributed by atoms with Gasteiger partial charge in [-0.05, 0) is 52.0 Å². The molecule has 0 aliphatic heterocycles. The molecule has 4 heterocycles. The zero-order valence-corrected chi connectivity index (χ0v) is 32.5. The molecule has 0 saturated carbocycles. The van der Waals surface area contributed by atoms with Crippen LogP contribution in [0.5, 0.6) is 0 Å². The number of fused-ring (bicyclic) bond motifs is 6. The predicted octanol–water partition coefficient (Wildman–Crippen LogP) is 11.7. The first-order chi connectivity index (χ1) is 25.1. The van der Waals surface area contributed by atoms with Gasteiger partial charge in [-0.1, -0.05) is 115 Å². The predicted molar refractivity (Wildman–Crippen MR) is 208 cm³/mol. The SMILES string of the molecule is C[Si](C)(C)c1ccc(-c2[c-]ccc3c2oc2cc(F)ccc23)nc1.[2H]C(C)(c1ccccc1)c1ccnc(-c2[c-]ccc3c2oc2ccccc23)c1.[Ir]. The van der Waals surface area contributed by atoms with E-state index < -0.39 is 14.0 Å². The van der Waals surface area contributed by atoms with E-state index in [2.05, 4.69) is 53.9 Å². The first-order valence-electron chi connectivity index (χ1n) is 17.4. The molecule has 0 bridgehead atoms. The standard InChI is InChI=1S/C25H18NO.C20H17FNOSi.Ir/c1-17(18-8-3-2-4-9-18)19-14-15-26-23(16-19)22-12-7-11-21-20-10-5-6-13-24(20)27-25(21)22;1-24(2,3)14-8-10-18(22-12-14)17-6-4-5-16-15-9-7-13(21)11-19(15)23-20(16)17;/h2-11,13-17H,1H3;4-5,7-12H,1-3H3;/q2*-1;/i17D;;. The number of hydrogen-bond donors (Lipinski definition) is 0. The zero-order chi connectivity index (χ0) is 36.0. The Morgan fingerprint density at radius 3 is 2.00 bits per heavy atom. The molecule has 0 fully saturated rings. The number of pyridine rings is 2. The van der Waals surface area contributed by atoms with Crippen molar-refractivity contribution < 1.29 is 34.7 Å². The molecular formula is C45H35FIrN2O2Si-2. The third-order valence-electron chi connectivity index (χ3n) is 9.28. The van der Waals surface area contributed by atoms with E-state index >= 15 is 0 Å². The largest absolute Gasteiger partial charge is 0.501 e. The summed E-state index contributed by atoms with van der Waals surface area (Å²) in [7, 11) is -1.38. The molecule has 0 N–H and O–H groups in total. The van der Waals surface area contributed by atoms with Crippen molar-refractivity contribution in [2.45, 2.75) is 32.5 Å². The van der Waals surface area contributed by atoms with Crippen LogP contribution in [0.2, 0.25) is 19.6 Å². The van der Waals surface area contributed by atoms with Gasteiger partial charge in [0, 0.05) is 56.6 Å². The van der Waals surface area contributed by atoms with Gasteiger partial charge < -0.3 is 18.8 Å². The van der Waals surface area contributed by atoms with Gasteiger partial charge in [0.15, 0.2) is 0 Å². The van der Waals surface area contributed by atoms with Crippen molar-refractivity contribution >= 4 is 57.1 Å². The van der Waals surface area contributed by atoms with E-state index in [-0.39, 0.29) is 25.9 Å². The second-order valence-electron chi connectivity index (χ2n) is 13.6. The average molecular weight is 876 g/mol. The van der Waals surface area contributed by atoms with Crippen molar-refractivity contribution in [3.8, 4) is 22.5 Å². The Bertz CT molecular complexity index is 2720. The number of para-hydroxylation sites is 1. The molecular weight excluding hydrogens is 840 g/mol. The Morgan fingerprint density at radius 2 is 1.31 bits per heavy atom. The van der Waals surface area contributed by atoms with Crippen LogP contribution in [0.3, 0.4) is 0 Å². The molecule has 0 aliphatic carbocycles. The summed E-state index contributed by atoms with van der Waals surface area (Å²) >= 11 is 0. The fraction of sp³-hybridized carbons (Fsp3) is 0.111. The molecule has 1 unspecified atom stereocenters. The fourth-order valence-electron chi connectivity index (χ4n) is 6.43. The summed E-state index contributed by atoms with van der Waals surface area (Å²) in [5.41, 5.74) is 7.91. The van der Waals surface area contributed by atoms with E-state index in [4.69, 9.17) is 10.2 Å². The molecule has 5 aromatic carbocycles. The van der Waals surface area contributed by atoms with Crippen LogP contribution in [0, 0.1) is 17.9 Å². The van der Waals surface area contributed by atoms with E-state index in [0.29, 0.717) is 11.2 Å². The molecule has 1 radical (unpaired) electrons. The number of rotatable bonds is 5. The zero-order valence-electron chi connectivity index (χ0n) is 30.1. The van der Waals surface area contributed by atoms with Gasteiger partial charge in [-0.25, -0.2) is 4.39 Å². The molecule has 4 nitrogen and oxygen atoms in total. The monoisotopic (exact) mass is 876 g/mol. The maximum atomic E-state index is 13.5. The van der Waals surface area contributed by atoms with Crippen LogP contribution in [-0.2, 0) is 20.1 Å². The van der Waals surface area contributed by atoms with E-state index in [9.17, 15) is 4.39 Å². The van der Waals surface area contributed by atoms with Crippen LogP contribution in [0.25, 0.3) is 66.4 Å². The van der Waals surface area contributed by atoms with Crippen LogP contribution in [-0.4, -0.2) is 18.0 Å². The topological polar surface area (TPSA) is 52.1 Å². The molecule has 0 aliphatic rings. The van der Waals surface area contributed by atoms with Crippen molar-refractivity contribution in [2.24, 2.45) is 0 Å². The van der Waals surface area contributed by atoms with Crippen molar-refractivity contribution in [3.63, 3.8) is 0 Å². The van der Waals surface area contributed by atoms with Gasteiger partial charge in [-0.15, -0.1) is 36.4 Å². The summed E-state index contributed by atoms with van der Waals surface area (Å²) in [5, 5.41) is 5.30. The van der Waals surface area contributed by atoms with Gasteiger partial charge in [0.1, 0.15) is 17.0 Å². The molecule has 0 spiro atoms. The Morgan fingerprint density at radius 1 is 0.654 bits per heavy atom. The molecule has 1 atom stereocenters. The van der Waals surface area contributed by atoms with E-state index in [1.165, 1.54) is 17.3 Å². The Hall–Kier alpha value is -5.20. The fourth-order valence-corrected chi connectivity index (χ4v) is 7.46. The molecule has 0 amide bonds. The Balaban J connectivity index is 0.000000163. The maximum Gasteiger partial charge on any atom is 0.126 e. The number of hydrogen-bond acceptors (Lipinski definition) is 4. The van der Waals surface area contributed by atoms with Gasteiger partial charge in [-0.3, -0.25) is 0 Å². The third-order valence-corrected chi connectivity index (χ3v) is 11.3. The minimum absolute atomic E-state index is 0. The van der Waals surface area contributed by atoms with Crippen molar-refractivity contribution in [3.05, 3.63) is 163 Å². The number of aromatic nitrogens is 2. The van der Waals surface area contributed by atoms with Crippen LogP contribution in [0.4, 0.5) is 4.39 Å². The molecule has 9 rings (SSSR count). The summed E-state index contributed by atoms with van der Waals surface area (Å²) in [6.45, 7) is 8.80. The van der Waals surface area contributed by atoms with Gasteiger partial charge in [-0.2, -0.15) is 0 Å². The van der Waals surface area contributed by atoms with E-state index in [0.717, 1.165) is 66.4 Å². The summed E-state index contributed by atoms with van der Waals surface area (Å²) in [6.07, 6.45) is 3.71.